The molecule has 2 amide bonds. The molecule has 0 radical (unpaired) electrons. The van der Waals surface area contributed by atoms with Crippen molar-refractivity contribution in [2.75, 3.05) is 20.0 Å². The van der Waals surface area contributed by atoms with Crippen molar-refractivity contribution in [1.29, 1.82) is 0 Å². The van der Waals surface area contributed by atoms with Gasteiger partial charge in [0.2, 0.25) is 0 Å². The Hall–Kier alpha value is -1.64. The van der Waals surface area contributed by atoms with Gasteiger partial charge in [0, 0.05) is 17.0 Å². The van der Waals surface area contributed by atoms with Crippen molar-refractivity contribution in [3.8, 4) is 0 Å². The fourth-order valence-electron chi connectivity index (χ4n) is 2.30. The molecule has 9 heteroatoms. The highest BCUT2D eigenvalue weighted by Crippen LogP contribution is 2.31. The number of carboxylic acid groups (broad SMARTS) is 1. The maximum absolute atomic E-state index is 11.5. The molecule has 1 heterocycles. The van der Waals surface area contributed by atoms with Crippen molar-refractivity contribution in [2.24, 2.45) is 0 Å². The molecule has 0 unspecified atom stereocenters. The molecule has 0 aromatic heterocycles. The molecule has 2 N–H and O–H groups in total. The summed E-state index contributed by atoms with van der Waals surface area (Å²) in [6.07, 6.45) is 0.862. The normalized spacial score (nSPS) is 23.6. The minimum Gasteiger partial charge on any atom is -0.550 e. The third kappa shape index (κ3) is 6.00. The van der Waals surface area contributed by atoms with Crippen LogP contribution in [0.3, 0.4) is 0 Å². The van der Waals surface area contributed by atoms with E-state index in [1.165, 1.54) is 14.2 Å². The molecule has 1 fully saturated rings. The summed E-state index contributed by atoms with van der Waals surface area (Å²) in [6, 6.07) is -0.554. The number of ether oxygens (including phenoxy) is 2. The zero-order chi connectivity index (χ0) is 16.5. The maximum atomic E-state index is 11.5. The first-order valence-electron chi connectivity index (χ1n) is 6.98. The van der Waals surface area contributed by atoms with Gasteiger partial charge in [-0.2, -0.15) is 11.8 Å². The van der Waals surface area contributed by atoms with E-state index in [1.54, 1.807) is 11.8 Å². The van der Waals surface area contributed by atoms with Gasteiger partial charge in [-0.3, -0.25) is 0 Å². The van der Waals surface area contributed by atoms with Crippen LogP contribution in [-0.2, 0) is 14.3 Å². The van der Waals surface area contributed by atoms with Crippen LogP contribution in [0.15, 0.2) is 0 Å². The van der Waals surface area contributed by atoms with E-state index in [2.05, 4.69) is 20.1 Å². The van der Waals surface area contributed by atoms with Crippen LogP contribution < -0.4 is 15.7 Å². The third-order valence-electron chi connectivity index (χ3n) is 3.40. The monoisotopic (exact) mass is 333 g/mol. The zero-order valence-electron chi connectivity index (χ0n) is 12.6. The lowest BCUT2D eigenvalue weighted by molar-refractivity contribution is -0.305. The molecule has 0 aromatic rings. The number of carbonyl (C=O) groups excluding carboxylic acids is 3. The molecule has 0 aromatic carbocycles. The summed E-state index contributed by atoms with van der Waals surface area (Å²) in [5.74, 6) is -0.428. The van der Waals surface area contributed by atoms with Gasteiger partial charge in [-0.25, -0.2) is 9.59 Å². The number of rotatable bonds is 7. The van der Waals surface area contributed by atoms with Crippen LogP contribution in [0.25, 0.3) is 0 Å². The zero-order valence-corrected chi connectivity index (χ0v) is 13.4. The molecule has 0 aliphatic carbocycles. The second kappa shape index (κ2) is 9.39. The Labute approximate surface area is 133 Å². The van der Waals surface area contributed by atoms with Crippen LogP contribution in [0.2, 0.25) is 0 Å². The number of hydrogen-bond acceptors (Lipinski definition) is 7. The predicted octanol–water partition coefficient (Wildman–Crippen LogP) is -0.139. The molecule has 22 heavy (non-hydrogen) atoms. The first kappa shape index (κ1) is 18.4. The third-order valence-corrected chi connectivity index (χ3v) is 4.91. The lowest BCUT2D eigenvalue weighted by Gasteiger charge is -2.25. The van der Waals surface area contributed by atoms with Crippen molar-refractivity contribution < 1.29 is 29.0 Å². The quantitative estimate of drug-likeness (QED) is 0.623. The second-order valence-corrected chi connectivity index (χ2v) is 6.17. The lowest BCUT2D eigenvalue weighted by atomic mass is 10.0. The average Bonchev–Trinajstić information content (AvgIpc) is 2.85. The second-order valence-electron chi connectivity index (χ2n) is 4.89. The fraction of sp³-hybridized carbons (Fsp3) is 0.769. The molecule has 126 valence electrons. The Kier molecular flexibility index (Phi) is 7.86. The van der Waals surface area contributed by atoms with Gasteiger partial charge in [-0.15, -0.1) is 0 Å². The van der Waals surface area contributed by atoms with E-state index >= 15 is 0 Å². The molecule has 1 saturated heterocycles. The van der Waals surface area contributed by atoms with E-state index in [-0.39, 0.29) is 23.8 Å². The Morgan fingerprint density at radius 2 is 1.77 bits per heavy atom. The first-order valence-corrected chi connectivity index (χ1v) is 8.03. The molecule has 8 nitrogen and oxygen atoms in total. The van der Waals surface area contributed by atoms with Gasteiger partial charge in [0.25, 0.3) is 0 Å². The summed E-state index contributed by atoms with van der Waals surface area (Å²) in [5.41, 5.74) is 0. The van der Waals surface area contributed by atoms with Gasteiger partial charge >= 0.3 is 12.2 Å². The summed E-state index contributed by atoms with van der Waals surface area (Å²) in [7, 11) is 2.55. The van der Waals surface area contributed by atoms with E-state index in [4.69, 9.17) is 0 Å². The van der Waals surface area contributed by atoms with Gasteiger partial charge in [0.1, 0.15) is 0 Å². The number of hydrogen-bond donors (Lipinski definition) is 2. The number of alkyl carbamates (subject to hydrolysis) is 2. The number of unbranched alkanes of at least 4 members (excludes halogenated alkanes) is 1. The van der Waals surface area contributed by atoms with Gasteiger partial charge in [0.15, 0.2) is 0 Å². The van der Waals surface area contributed by atoms with E-state index in [0.29, 0.717) is 18.6 Å². The molecular weight excluding hydrogens is 312 g/mol. The van der Waals surface area contributed by atoms with Gasteiger partial charge < -0.3 is 30.0 Å². The Balaban J connectivity index is 2.55. The predicted molar refractivity (Wildman–Crippen MR) is 78.4 cm³/mol. The summed E-state index contributed by atoms with van der Waals surface area (Å²) >= 11 is 1.62. The van der Waals surface area contributed by atoms with Gasteiger partial charge in [0.05, 0.1) is 26.3 Å². The number of aliphatic carboxylic acids is 1. The Morgan fingerprint density at radius 3 is 2.36 bits per heavy atom. The number of carbonyl (C=O) groups is 3. The highest BCUT2D eigenvalue weighted by Gasteiger charge is 2.38. The molecule has 1 aliphatic heterocycles. The molecule has 1 aliphatic rings. The van der Waals surface area contributed by atoms with E-state index in [1.807, 2.05) is 0 Å². The number of amides is 2. The number of methoxy groups -OCH3 is 2. The van der Waals surface area contributed by atoms with Crippen molar-refractivity contribution in [3.63, 3.8) is 0 Å². The number of thioether (sulfide) groups is 1. The first-order chi connectivity index (χ1) is 10.5. The Bertz CT molecular complexity index is 406. The van der Waals surface area contributed by atoms with Crippen LogP contribution >= 0.6 is 11.8 Å². The molecule has 0 saturated carbocycles. The van der Waals surface area contributed by atoms with Crippen molar-refractivity contribution >= 4 is 29.9 Å². The number of nitrogens with one attached hydrogen (secondary N) is 2. The smallest absolute Gasteiger partial charge is 0.407 e. The highest BCUT2D eigenvalue weighted by atomic mass is 32.2. The lowest BCUT2D eigenvalue weighted by Crippen LogP contribution is -2.53. The molecule has 0 spiro atoms. The summed E-state index contributed by atoms with van der Waals surface area (Å²) in [6.45, 7) is 0. The molecular formula is C13H21N2O6S-. The van der Waals surface area contributed by atoms with E-state index in [9.17, 15) is 19.5 Å². The van der Waals surface area contributed by atoms with Crippen LogP contribution in [0.5, 0.6) is 0 Å². The minimum absolute atomic E-state index is 0.0241. The van der Waals surface area contributed by atoms with Crippen LogP contribution in [-0.4, -0.2) is 55.5 Å². The minimum atomic E-state index is -1.06. The fourth-order valence-corrected chi connectivity index (χ4v) is 3.85. The van der Waals surface area contributed by atoms with Gasteiger partial charge in [-0.05, 0) is 19.3 Å². The van der Waals surface area contributed by atoms with Crippen LogP contribution in [0.4, 0.5) is 9.59 Å². The van der Waals surface area contributed by atoms with Crippen molar-refractivity contribution in [3.05, 3.63) is 0 Å². The van der Waals surface area contributed by atoms with Crippen LogP contribution in [0.1, 0.15) is 25.7 Å². The van der Waals surface area contributed by atoms with Crippen molar-refractivity contribution in [1.82, 2.24) is 10.6 Å². The SMILES string of the molecule is COC(=O)N[C@@H]1[C@@H](NC(=O)OC)CS[C@H]1CCCCC(=O)[O-]. The molecule has 0 bridgehead atoms. The summed E-state index contributed by atoms with van der Waals surface area (Å²) < 4.78 is 9.18. The van der Waals surface area contributed by atoms with Crippen LogP contribution in [0, 0.1) is 0 Å². The van der Waals surface area contributed by atoms with E-state index < -0.39 is 18.2 Å². The highest BCUT2D eigenvalue weighted by molar-refractivity contribution is 8.00. The maximum Gasteiger partial charge on any atom is 0.407 e. The molecule has 1 rings (SSSR count). The summed E-state index contributed by atoms with van der Waals surface area (Å²) in [5, 5.41) is 15.9. The topological polar surface area (TPSA) is 117 Å². The Morgan fingerprint density at radius 1 is 1.14 bits per heavy atom. The number of carboxylic acids is 1. The van der Waals surface area contributed by atoms with Crippen molar-refractivity contribution in [2.45, 2.75) is 43.0 Å². The average molecular weight is 333 g/mol. The van der Waals surface area contributed by atoms with Gasteiger partial charge in [-0.1, -0.05) is 6.42 Å². The van der Waals surface area contributed by atoms with E-state index in [0.717, 1.165) is 6.42 Å². The summed E-state index contributed by atoms with van der Waals surface area (Å²) in [4.78, 5) is 33.2. The largest absolute Gasteiger partial charge is 0.550 e. The standard InChI is InChI=1S/C13H22N2O6S/c1-20-12(18)14-8-7-22-9(5-3-4-6-10(16)17)11(8)15-13(19)21-2/h8-9,11H,3-7H2,1-2H3,(H,14,18)(H,15,19)(H,16,17)/p-1/t8-,9-,11+/m0/s1. The molecule has 3 atom stereocenters.